The van der Waals surface area contributed by atoms with E-state index in [9.17, 15) is 9.18 Å². The van der Waals surface area contributed by atoms with Gasteiger partial charge in [-0.3, -0.25) is 14.9 Å². The molecule has 1 amide bonds. The van der Waals surface area contributed by atoms with Gasteiger partial charge in [0.05, 0.1) is 35.2 Å². The summed E-state index contributed by atoms with van der Waals surface area (Å²) in [7, 11) is 3.66. The largest absolute Gasteiger partial charge is 0.335 e. The van der Waals surface area contributed by atoms with E-state index < -0.39 is 0 Å². The van der Waals surface area contributed by atoms with Crippen LogP contribution in [0, 0.1) is 5.13 Å². The number of aromatic amines is 2. The minimum atomic E-state index is -0.259. The zero-order valence-corrected chi connectivity index (χ0v) is 20.6. The molecule has 0 atom stereocenters. The van der Waals surface area contributed by atoms with Gasteiger partial charge in [0.2, 0.25) is 5.91 Å². The minimum Gasteiger partial charge on any atom is -0.335 e. The van der Waals surface area contributed by atoms with Crippen molar-refractivity contribution in [1.29, 1.82) is 0 Å². The predicted molar refractivity (Wildman–Crippen MR) is 140 cm³/mol. The van der Waals surface area contributed by atoms with Gasteiger partial charge < -0.3 is 15.2 Å². The van der Waals surface area contributed by atoms with Gasteiger partial charge in [0.25, 0.3) is 0 Å². The molecule has 0 aromatic carbocycles. The Balaban J connectivity index is 1.38. The molecule has 12 heteroatoms. The van der Waals surface area contributed by atoms with Gasteiger partial charge in [-0.15, -0.1) is 11.3 Å². The van der Waals surface area contributed by atoms with Crippen molar-refractivity contribution < 1.29 is 9.18 Å². The van der Waals surface area contributed by atoms with Crippen molar-refractivity contribution in [3.05, 3.63) is 60.1 Å². The van der Waals surface area contributed by atoms with E-state index in [2.05, 4.69) is 35.5 Å². The summed E-state index contributed by atoms with van der Waals surface area (Å²) in [4.78, 5) is 36.1. The summed E-state index contributed by atoms with van der Waals surface area (Å²) in [6.07, 6.45) is 4.93. The second-order valence-electron chi connectivity index (χ2n) is 8.66. The van der Waals surface area contributed by atoms with E-state index in [0.29, 0.717) is 39.6 Å². The molecule has 6 heterocycles. The van der Waals surface area contributed by atoms with E-state index in [1.54, 1.807) is 29.6 Å². The van der Waals surface area contributed by atoms with Gasteiger partial charge in [-0.25, -0.2) is 15.0 Å². The van der Waals surface area contributed by atoms with Gasteiger partial charge in [0.15, 0.2) is 22.3 Å². The lowest BCUT2D eigenvalue weighted by Gasteiger charge is -2.10. The van der Waals surface area contributed by atoms with Gasteiger partial charge in [0, 0.05) is 28.4 Å². The zero-order chi connectivity index (χ0) is 25.5. The molecule has 0 radical (unpaired) electrons. The molecule has 184 valence electrons. The first kappa shape index (κ1) is 22.9. The molecule has 37 heavy (non-hydrogen) atoms. The molecule has 6 aromatic rings. The number of fused-ring (bicyclic) bond motifs is 2. The Kier molecular flexibility index (Phi) is 5.66. The highest BCUT2D eigenvalue weighted by Crippen LogP contribution is 2.34. The van der Waals surface area contributed by atoms with Crippen LogP contribution < -0.4 is 5.32 Å². The molecule has 6 rings (SSSR count). The summed E-state index contributed by atoms with van der Waals surface area (Å²) in [6.45, 7) is 0.266. The average Bonchev–Trinajstić information content (AvgIpc) is 3.60. The van der Waals surface area contributed by atoms with Crippen molar-refractivity contribution in [3.63, 3.8) is 0 Å². The number of H-pyrrole nitrogens is 2. The van der Waals surface area contributed by atoms with Crippen molar-refractivity contribution in [1.82, 2.24) is 40.0 Å². The summed E-state index contributed by atoms with van der Waals surface area (Å²) >= 11 is 1.06. The van der Waals surface area contributed by atoms with E-state index in [0.717, 1.165) is 32.9 Å². The summed E-state index contributed by atoms with van der Waals surface area (Å²) in [5, 5.41) is 10.0. The number of carbonyl (C=O) groups is 1. The number of imidazole rings is 1. The molecule has 6 aromatic heterocycles. The second kappa shape index (κ2) is 9.15. The predicted octanol–water partition coefficient (Wildman–Crippen LogP) is 4.33. The molecule has 0 bridgehead atoms. The number of rotatable bonds is 6. The molecule has 0 saturated heterocycles. The fraction of sp³-hybridized carbons (Fsp3) is 0.120. The van der Waals surface area contributed by atoms with Crippen LogP contribution in [0.2, 0.25) is 0 Å². The number of nitrogens with zero attached hydrogens (tertiary/aromatic N) is 6. The maximum Gasteiger partial charge on any atom is 0.238 e. The molecule has 3 N–H and O–H groups in total. The minimum absolute atomic E-state index is 0.132. The smallest absolute Gasteiger partial charge is 0.238 e. The third-order valence-electron chi connectivity index (χ3n) is 5.64. The Morgan fingerprint density at radius 1 is 1.14 bits per heavy atom. The molecule has 0 saturated carbocycles. The van der Waals surface area contributed by atoms with Crippen LogP contribution >= 0.6 is 11.3 Å². The van der Waals surface area contributed by atoms with Crippen LogP contribution in [-0.2, 0) is 4.79 Å². The van der Waals surface area contributed by atoms with Crippen molar-refractivity contribution in [2.75, 3.05) is 26.0 Å². The van der Waals surface area contributed by atoms with Gasteiger partial charge in [-0.1, -0.05) is 0 Å². The van der Waals surface area contributed by atoms with Crippen LogP contribution in [0.15, 0.2) is 55.0 Å². The van der Waals surface area contributed by atoms with Crippen molar-refractivity contribution in [2.45, 2.75) is 0 Å². The maximum absolute atomic E-state index is 13.7. The standard InChI is InChI=1S/C25H20FN9OS/c1-35(2)12-20(36)29-14-9-13(10-27-11-14)16-3-4-17-22(30-16)23(34-33-17)25-31-21-15(7-8-28-24(21)32-25)18-5-6-19(26)37-18/h3-11H,12H2,1-2H3,(H,29,36)(H,33,34)(H,28,31,32). The number of thiophene rings is 1. The number of likely N-dealkylation sites (N-methyl/N-ethyl adjacent to an activating group) is 1. The number of amides is 1. The third-order valence-corrected chi connectivity index (χ3v) is 6.55. The highest BCUT2D eigenvalue weighted by molar-refractivity contribution is 7.14. The monoisotopic (exact) mass is 513 g/mol. The summed E-state index contributed by atoms with van der Waals surface area (Å²) < 4.78 is 13.7. The normalized spacial score (nSPS) is 11.6. The highest BCUT2D eigenvalue weighted by atomic mass is 32.1. The van der Waals surface area contributed by atoms with Crippen LogP contribution in [0.3, 0.4) is 0 Å². The van der Waals surface area contributed by atoms with Gasteiger partial charge in [0.1, 0.15) is 5.52 Å². The van der Waals surface area contributed by atoms with E-state index in [-0.39, 0.29) is 17.6 Å². The molecular weight excluding hydrogens is 493 g/mol. The molecule has 0 fully saturated rings. The Labute approximate surface area is 213 Å². The van der Waals surface area contributed by atoms with Crippen LogP contribution in [0.4, 0.5) is 10.1 Å². The van der Waals surface area contributed by atoms with E-state index in [4.69, 9.17) is 4.98 Å². The quantitative estimate of drug-likeness (QED) is 0.302. The van der Waals surface area contributed by atoms with Crippen molar-refractivity contribution in [3.8, 4) is 33.2 Å². The van der Waals surface area contributed by atoms with Crippen LogP contribution in [0.25, 0.3) is 55.4 Å². The third kappa shape index (κ3) is 4.43. The maximum atomic E-state index is 13.7. The molecular formula is C25H20FN9OS. The van der Waals surface area contributed by atoms with Gasteiger partial charge >= 0.3 is 0 Å². The van der Waals surface area contributed by atoms with E-state index in [1.807, 2.05) is 38.4 Å². The van der Waals surface area contributed by atoms with Crippen molar-refractivity contribution >= 4 is 45.1 Å². The topological polar surface area (TPSA) is 128 Å². The Hall–Kier alpha value is -4.55. The number of hydrogen-bond donors (Lipinski definition) is 3. The number of halogens is 1. The summed E-state index contributed by atoms with van der Waals surface area (Å²) in [5.41, 5.74) is 5.86. The summed E-state index contributed by atoms with van der Waals surface area (Å²) in [6, 6.07) is 10.6. The molecule has 10 nitrogen and oxygen atoms in total. The molecule has 0 aliphatic rings. The Bertz CT molecular complexity index is 1770. The van der Waals surface area contributed by atoms with Gasteiger partial charge in [-0.05, 0) is 50.5 Å². The van der Waals surface area contributed by atoms with E-state index in [1.165, 1.54) is 6.07 Å². The summed E-state index contributed by atoms with van der Waals surface area (Å²) in [5.74, 6) is 0.360. The van der Waals surface area contributed by atoms with Crippen molar-refractivity contribution in [2.24, 2.45) is 0 Å². The fourth-order valence-corrected chi connectivity index (χ4v) is 4.81. The fourth-order valence-electron chi connectivity index (χ4n) is 4.05. The lowest BCUT2D eigenvalue weighted by molar-refractivity contribution is -0.116. The Morgan fingerprint density at radius 3 is 2.84 bits per heavy atom. The first-order valence-corrected chi connectivity index (χ1v) is 12.1. The number of nitrogens with one attached hydrogen (secondary N) is 3. The SMILES string of the molecule is CN(C)CC(=O)Nc1cncc(-c2ccc3[nH]nc(-c4nc5nccc(-c6ccc(F)s6)c5[nH]4)c3n2)c1. The first-order chi connectivity index (χ1) is 17.9. The number of pyridine rings is 3. The number of anilines is 1. The molecule has 0 unspecified atom stereocenters. The number of hydrogen-bond acceptors (Lipinski definition) is 8. The van der Waals surface area contributed by atoms with E-state index >= 15 is 0 Å². The van der Waals surface area contributed by atoms with Crippen LogP contribution in [0.1, 0.15) is 0 Å². The molecule has 0 aliphatic carbocycles. The van der Waals surface area contributed by atoms with Gasteiger partial charge in [-0.2, -0.15) is 9.49 Å². The number of aromatic nitrogens is 7. The molecule has 0 aliphatic heterocycles. The lowest BCUT2D eigenvalue weighted by Crippen LogP contribution is -2.27. The highest BCUT2D eigenvalue weighted by Gasteiger charge is 2.18. The lowest BCUT2D eigenvalue weighted by atomic mass is 10.1. The zero-order valence-electron chi connectivity index (χ0n) is 19.8. The average molecular weight is 514 g/mol. The number of carbonyl (C=O) groups excluding carboxylic acids is 1. The Morgan fingerprint density at radius 2 is 2.03 bits per heavy atom. The first-order valence-electron chi connectivity index (χ1n) is 11.3. The van der Waals surface area contributed by atoms with Crippen LogP contribution in [0.5, 0.6) is 0 Å². The van der Waals surface area contributed by atoms with Crippen LogP contribution in [-0.4, -0.2) is 66.6 Å². The molecule has 0 spiro atoms. The second-order valence-corrected chi connectivity index (χ2v) is 9.69.